The third kappa shape index (κ3) is 3.94. The second-order valence-corrected chi connectivity index (χ2v) is 7.90. The van der Waals surface area contributed by atoms with Gasteiger partial charge in [0.1, 0.15) is 24.0 Å². The van der Waals surface area contributed by atoms with E-state index in [1.54, 1.807) is 24.3 Å². The maximum atomic E-state index is 12.6. The van der Waals surface area contributed by atoms with E-state index in [1.165, 1.54) is 4.90 Å². The highest BCUT2D eigenvalue weighted by Crippen LogP contribution is 2.59. The average Bonchev–Trinajstić information content (AvgIpc) is 3.24. The number of ether oxygens (including phenoxy) is 1. The van der Waals surface area contributed by atoms with Gasteiger partial charge in [-0.25, -0.2) is 4.79 Å². The van der Waals surface area contributed by atoms with Crippen LogP contribution in [-0.4, -0.2) is 39.9 Å². The second kappa shape index (κ2) is 7.24. The number of likely N-dealkylation sites (tertiary alicyclic amines) is 1. The molecule has 1 saturated heterocycles. The fourth-order valence-electron chi connectivity index (χ4n) is 4.01. The Morgan fingerprint density at radius 3 is 2.38 bits per heavy atom. The van der Waals surface area contributed by atoms with Crippen molar-refractivity contribution in [3.63, 3.8) is 0 Å². The zero-order valence-corrected chi connectivity index (χ0v) is 16.0. The number of rotatable bonds is 6. The first-order valence-electron chi connectivity index (χ1n) is 9.52. The maximum Gasteiger partial charge on any atom is 0.326 e. The molecule has 1 heterocycles. The van der Waals surface area contributed by atoms with Crippen LogP contribution in [0.2, 0.25) is 0 Å². The summed E-state index contributed by atoms with van der Waals surface area (Å²) in [7, 11) is 0. The molecule has 2 aromatic rings. The Hall–Kier alpha value is -3.35. The first kappa shape index (κ1) is 19.0. The Balaban J connectivity index is 1.33. The Bertz CT molecular complexity index is 943. The summed E-state index contributed by atoms with van der Waals surface area (Å²) >= 11 is 0. The SMILES string of the molecule is C[C@@]12C[C@@H]1N(C(=O)CC(=O)Nc1ccc(Oc3ccccc3)cc1)[C@H](C(=O)O)C2. The van der Waals surface area contributed by atoms with E-state index in [2.05, 4.69) is 5.32 Å². The number of benzene rings is 2. The van der Waals surface area contributed by atoms with E-state index in [0.717, 1.165) is 6.42 Å². The van der Waals surface area contributed by atoms with E-state index in [-0.39, 0.29) is 17.9 Å². The predicted molar refractivity (Wildman–Crippen MR) is 106 cm³/mol. The van der Waals surface area contributed by atoms with Gasteiger partial charge in [0.15, 0.2) is 0 Å². The zero-order chi connectivity index (χ0) is 20.6. The summed E-state index contributed by atoms with van der Waals surface area (Å²) in [5.74, 6) is -0.586. The normalized spacial score (nSPS) is 24.5. The smallest absolute Gasteiger partial charge is 0.326 e. The number of carbonyl (C=O) groups is 3. The number of carboxylic acid groups (broad SMARTS) is 1. The molecule has 2 aromatic carbocycles. The van der Waals surface area contributed by atoms with Crippen LogP contribution in [0.15, 0.2) is 54.6 Å². The minimum Gasteiger partial charge on any atom is -0.480 e. The number of carboxylic acids is 1. The molecule has 0 unspecified atom stereocenters. The number of hydrogen-bond acceptors (Lipinski definition) is 4. The number of nitrogens with one attached hydrogen (secondary N) is 1. The van der Waals surface area contributed by atoms with E-state index < -0.39 is 23.8 Å². The molecule has 0 aromatic heterocycles. The quantitative estimate of drug-likeness (QED) is 0.733. The molecular weight excluding hydrogens is 372 g/mol. The molecule has 0 radical (unpaired) electrons. The number of fused-ring (bicyclic) bond motifs is 1. The predicted octanol–water partition coefficient (Wildman–Crippen LogP) is 3.27. The lowest BCUT2D eigenvalue weighted by molar-refractivity contribution is -0.150. The van der Waals surface area contributed by atoms with Gasteiger partial charge in [-0.1, -0.05) is 25.1 Å². The van der Waals surface area contributed by atoms with Crippen molar-refractivity contribution in [1.82, 2.24) is 4.90 Å². The van der Waals surface area contributed by atoms with Crippen LogP contribution in [0.4, 0.5) is 5.69 Å². The molecule has 3 atom stereocenters. The topological polar surface area (TPSA) is 95.9 Å². The summed E-state index contributed by atoms with van der Waals surface area (Å²) in [6.45, 7) is 1.99. The number of aliphatic carboxylic acids is 1. The van der Waals surface area contributed by atoms with Gasteiger partial charge in [-0.15, -0.1) is 0 Å². The van der Waals surface area contributed by atoms with Crippen LogP contribution in [0, 0.1) is 5.41 Å². The number of carbonyl (C=O) groups excluding carboxylic acids is 2. The molecule has 150 valence electrons. The van der Waals surface area contributed by atoms with Gasteiger partial charge < -0.3 is 20.1 Å². The fraction of sp³-hybridized carbons (Fsp3) is 0.318. The summed E-state index contributed by atoms with van der Waals surface area (Å²) < 4.78 is 5.70. The minimum atomic E-state index is -1.01. The standard InChI is InChI=1S/C22H22N2O5/c1-22-12-17(21(27)28)24(18(22)13-22)20(26)11-19(25)23-14-7-9-16(10-8-14)29-15-5-3-2-4-6-15/h2-10,17-18H,11-13H2,1H3,(H,23,25)(H,27,28)/t17-,18-,22+/m0/s1. The molecule has 0 bridgehead atoms. The molecule has 1 aliphatic carbocycles. The number of amides is 2. The number of anilines is 1. The van der Waals surface area contributed by atoms with Crippen LogP contribution in [0.1, 0.15) is 26.2 Å². The van der Waals surface area contributed by atoms with E-state index >= 15 is 0 Å². The summed E-state index contributed by atoms with van der Waals surface area (Å²) in [5, 5.41) is 12.1. The highest BCUT2D eigenvalue weighted by molar-refractivity contribution is 6.04. The Morgan fingerprint density at radius 1 is 1.07 bits per heavy atom. The highest BCUT2D eigenvalue weighted by atomic mass is 16.5. The van der Waals surface area contributed by atoms with Crippen LogP contribution in [0.25, 0.3) is 0 Å². The van der Waals surface area contributed by atoms with Gasteiger partial charge in [0.05, 0.1) is 0 Å². The molecule has 29 heavy (non-hydrogen) atoms. The molecule has 0 spiro atoms. The van der Waals surface area contributed by atoms with Crippen molar-refractivity contribution < 1.29 is 24.2 Å². The van der Waals surface area contributed by atoms with Crippen molar-refractivity contribution in [2.75, 3.05) is 5.32 Å². The molecule has 7 heteroatoms. The molecule has 2 fully saturated rings. The number of piperidine rings is 1. The van der Waals surface area contributed by atoms with Crippen molar-refractivity contribution in [3.05, 3.63) is 54.6 Å². The summed E-state index contributed by atoms with van der Waals surface area (Å²) in [5.41, 5.74) is 0.416. The van der Waals surface area contributed by atoms with Gasteiger partial charge in [0, 0.05) is 11.7 Å². The third-order valence-electron chi connectivity index (χ3n) is 5.64. The van der Waals surface area contributed by atoms with Crippen molar-refractivity contribution in [3.8, 4) is 11.5 Å². The van der Waals surface area contributed by atoms with Gasteiger partial charge in [-0.2, -0.15) is 0 Å². The molecule has 4 rings (SSSR count). The van der Waals surface area contributed by atoms with Crippen molar-refractivity contribution >= 4 is 23.5 Å². The molecule has 7 nitrogen and oxygen atoms in total. The van der Waals surface area contributed by atoms with Gasteiger partial charge in [-0.05, 0) is 54.7 Å². The highest BCUT2D eigenvalue weighted by Gasteiger charge is 2.64. The summed E-state index contributed by atoms with van der Waals surface area (Å²) in [4.78, 5) is 37.7. The van der Waals surface area contributed by atoms with Crippen molar-refractivity contribution in [2.45, 2.75) is 38.3 Å². The fourth-order valence-corrected chi connectivity index (χ4v) is 4.01. The maximum absolute atomic E-state index is 12.6. The van der Waals surface area contributed by atoms with Gasteiger partial charge >= 0.3 is 5.97 Å². The van der Waals surface area contributed by atoms with E-state index in [9.17, 15) is 19.5 Å². The van der Waals surface area contributed by atoms with E-state index in [0.29, 0.717) is 23.6 Å². The molecule has 2 amide bonds. The first-order valence-corrected chi connectivity index (χ1v) is 9.52. The summed E-state index contributed by atoms with van der Waals surface area (Å²) in [6, 6.07) is 15.2. The number of para-hydroxylation sites is 1. The van der Waals surface area contributed by atoms with Crippen LogP contribution in [0.3, 0.4) is 0 Å². The van der Waals surface area contributed by atoms with Crippen LogP contribution in [0.5, 0.6) is 11.5 Å². The Kier molecular flexibility index (Phi) is 4.74. The van der Waals surface area contributed by atoms with E-state index in [4.69, 9.17) is 4.74 Å². The first-order chi connectivity index (χ1) is 13.9. The van der Waals surface area contributed by atoms with Gasteiger partial charge in [0.25, 0.3) is 0 Å². The minimum absolute atomic E-state index is 0.0710. The lowest BCUT2D eigenvalue weighted by Gasteiger charge is -2.24. The molecular formula is C22H22N2O5. The van der Waals surface area contributed by atoms with E-state index in [1.807, 2.05) is 37.3 Å². The Labute approximate surface area is 168 Å². The summed E-state index contributed by atoms with van der Waals surface area (Å²) in [6.07, 6.45) is 0.870. The number of nitrogens with zero attached hydrogens (tertiary/aromatic N) is 1. The lowest BCUT2D eigenvalue weighted by Crippen LogP contribution is -2.44. The lowest BCUT2D eigenvalue weighted by atomic mass is 10.0. The second-order valence-electron chi connectivity index (χ2n) is 7.90. The average molecular weight is 394 g/mol. The number of hydrogen-bond donors (Lipinski definition) is 2. The van der Waals surface area contributed by atoms with Gasteiger partial charge in [0.2, 0.25) is 11.8 Å². The van der Waals surface area contributed by atoms with Gasteiger partial charge in [-0.3, -0.25) is 9.59 Å². The monoisotopic (exact) mass is 394 g/mol. The molecule has 2 aliphatic rings. The van der Waals surface area contributed by atoms with Crippen molar-refractivity contribution in [1.29, 1.82) is 0 Å². The van der Waals surface area contributed by atoms with Crippen LogP contribution < -0.4 is 10.1 Å². The van der Waals surface area contributed by atoms with Crippen LogP contribution >= 0.6 is 0 Å². The molecule has 2 N–H and O–H groups in total. The zero-order valence-electron chi connectivity index (χ0n) is 16.0. The largest absolute Gasteiger partial charge is 0.480 e. The Morgan fingerprint density at radius 2 is 1.72 bits per heavy atom. The molecule has 1 saturated carbocycles. The molecule has 1 aliphatic heterocycles. The van der Waals surface area contributed by atoms with Crippen molar-refractivity contribution in [2.24, 2.45) is 5.41 Å². The third-order valence-corrected chi connectivity index (χ3v) is 5.64. The van der Waals surface area contributed by atoms with Crippen LogP contribution in [-0.2, 0) is 14.4 Å².